The molecule has 0 aliphatic heterocycles. The van der Waals surface area contributed by atoms with E-state index in [1.807, 2.05) is 20.8 Å². The molecule has 2 unspecified atom stereocenters. The maximum Gasteiger partial charge on any atom is 0.402 e. The molecular weight excluding hydrogens is 843 g/mol. The molecule has 0 radical (unpaired) electrons. The van der Waals surface area contributed by atoms with Gasteiger partial charge in [-0.25, -0.2) is 36.8 Å². The summed E-state index contributed by atoms with van der Waals surface area (Å²) in [6.07, 6.45) is 7.86. The zero-order chi connectivity index (χ0) is 42.2. The second-order valence-corrected chi connectivity index (χ2v) is 21.3. The van der Waals surface area contributed by atoms with E-state index in [1.54, 1.807) is 134 Å². The highest BCUT2D eigenvalue weighted by atomic mass is 32.2. The van der Waals surface area contributed by atoms with Gasteiger partial charge in [-0.3, -0.25) is 0 Å². The van der Waals surface area contributed by atoms with Gasteiger partial charge in [0.2, 0.25) is 23.5 Å². The van der Waals surface area contributed by atoms with E-state index in [0.717, 1.165) is 11.1 Å². The van der Waals surface area contributed by atoms with Gasteiger partial charge in [-0.05, 0) is 87.1 Å². The van der Waals surface area contributed by atoms with E-state index in [-0.39, 0.29) is 46.3 Å². The first-order valence-corrected chi connectivity index (χ1v) is 24.2. The van der Waals surface area contributed by atoms with Crippen molar-refractivity contribution in [1.82, 2.24) is 28.1 Å². The lowest BCUT2D eigenvalue weighted by Crippen LogP contribution is -2.47. The molecule has 2 aromatic carbocycles. The summed E-state index contributed by atoms with van der Waals surface area (Å²) in [4.78, 5) is 17.4. The zero-order valence-electron chi connectivity index (χ0n) is 33.1. The molecule has 14 nitrogen and oxygen atoms in total. The molecule has 0 saturated heterocycles. The third-order valence-corrected chi connectivity index (χ3v) is 17.4. The van der Waals surface area contributed by atoms with Crippen LogP contribution >= 0.6 is 17.1 Å². The molecule has 4 heterocycles. The third kappa shape index (κ3) is 10.6. The minimum atomic E-state index is -4.35. The number of pyridine rings is 4. The van der Waals surface area contributed by atoms with Gasteiger partial charge in [-0.15, -0.1) is 8.15 Å². The molecule has 6 aromatic rings. The van der Waals surface area contributed by atoms with Crippen LogP contribution in [0.15, 0.2) is 156 Å². The highest BCUT2D eigenvalue weighted by Crippen LogP contribution is 2.54. The maximum atomic E-state index is 15.1. The Balaban J connectivity index is 1.31. The topological polar surface area (TPSA) is 163 Å². The lowest BCUT2D eigenvalue weighted by atomic mass is 9.74. The molecule has 1 saturated carbocycles. The quantitative estimate of drug-likeness (QED) is 0.0799. The lowest BCUT2D eigenvalue weighted by Gasteiger charge is -2.44. The highest BCUT2D eigenvalue weighted by Gasteiger charge is 2.50. The van der Waals surface area contributed by atoms with Gasteiger partial charge in [-0.1, -0.05) is 73.0 Å². The van der Waals surface area contributed by atoms with Gasteiger partial charge in [0.1, 0.15) is 0 Å². The van der Waals surface area contributed by atoms with Crippen LogP contribution in [0.25, 0.3) is 0 Å². The first-order chi connectivity index (χ1) is 28.9. The normalized spacial score (nSPS) is 17.1. The summed E-state index contributed by atoms with van der Waals surface area (Å²) in [5, 5.41) is 0. The Hall–Kier alpha value is -5.08. The van der Waals surface area contributed by atoms with Crippen LogP contribution in [0.2, 0.25) is 0 Å². The second-order valence-electron chi connectivity index (χ2n) is 14.5. The van der Waals surface area contributed by atoms with Crippen LogP contribution < -0.4 is 18.1 Å². The summed E-state index contributed by atoms with van der Waals surface area (Å²) in [6, 6.07) is 32.7. The fourth-order valence-electron chi connectivity index (χ4n) is 6.63. The van der Waals surface area contributed by atoms with Gasteiger partial charge in [0, 0.05) is 61.6 Å². The Morgan fingerprint density at radius 3 is 1.38 bits per heavy atom. The summed E-state index contributed by atoms with van der Waals surface area (Å²) in [7, 11) is -13.7. The second kappa shape index (κ2) is 19.1. The average molecular weight is 887 g/mol. The first-order valence-electron chi connectivity index (χ1n) is 19.1. The maximum absolute atomic E-state index is 15.1. The number of aromatic nitrogens is 4. The van der Waals surface area contributed by atoms with Gasteiger partial charge < -0.3 is 18.1 Å². The van der Waals surface area contributed by atoms with E-state index in [2.05, 4.69) is 19.9 Å². The third-order valence-electron chi connectivity index (χ3n) is 9.62. The van der Waals surface area contributed by atoms with Crippen LogP contribution in [-0.2, 0) is 20.0 Å². The molecule has 4 aromatic heterocycles. The molecule has 0 amide bonds. The zero-order valence-corrected chi connectivity index (χ0v) is 36.6. The Morgan fingerprint density at radius 2 is 0.983 bits per heavy atom. The number of sulfonamides is 2. The van der Waals surface area contributed by atoms with Crippen molar-refractivity contribution in [1.29, 1.82) is 0 Å². The molecule has 0 spiro atoms. The fraction of sp³-hybridized carbons (Fsp3) is 0.238. The van der Waals surface area contributed by atoms with Gasteiger partial charge in [-0.2, -0.15) is 0 Å². The van der Waals surface area contributed by atoms with E-state index >= 15 is 8.42 Å². The van der Waals surface area contributed by atoms with Gasteiger partial charge in [0.25, 0.3) is 20.0 Å². The van der Waals surface area contributed by atoms with Crippen molar-refractivity contribution in [2.45, 2.75) is 62.3 Å². The van der Waals surface area contributed by atoms with Crippen molar-refractivity contribution < 1.29 is 34.9 Å². The van der Waals surface area contributed by atoms with E-state index in [9.17, 15) is 8.42 Å². The standard InChI is InChI=1S/C42H44N6O8P2S2/c1-33-18-22-36(23-19-33)59(49,50)47(57(53-38-14-4-8-27-43-38)54-39-15-5-9-28-44-39)32-42(3)26-12-13-35(31-42)48(60(51,52)37-24-20-34(2)21-25-37)58(55-40-16-6-10-29-45-40)56-41-17-7-11-30-46-41/h4-11,14-25,27-30,35H,12-13,26,31-32H2,1-3H3. The monoisotopic (exact) mass is 886 g/mol. The Morgan fingerprint density at radius 1 is 0.583 bits per heavy atom. The predicted octanol–water partition coefficient (Wildman–Crippen LogP) is 9.28. The van der Waals surface area contributed by atoms with E-state index in [4.69, 9.17) is 18.1 Å². The molecule has 2 atom stereocenters. The average Bonchev–Trinajstić information content (AvgIpc) is 3.24. The summed E-state index contributed by atoms with van der Waals surface area (Å²) in [6.45, 7) is 5.58. The van der Waals surface area contributed by atoms with Crippen molar-refractivity contribution in [3.05, 3.63) is 157 Å². The van der Waals surface area contributed by atoms with Crippen molar-refractivity contribution in [3.8, 4) is 23.5 Å². The number of aryl methyl sites for hydroxylation is 2. The van der Waals surface area contributed by atoms with E-state index in [1.165, 1.54) is 20.5 Å². The van der Waals surface area contributed by atoms with E-state index in [0.29, 0.717) is 19.3 Å². The number of rotatable bonds is 17. The Labute approximate surface area is 353 Å². The number of nitrogens with zero attached hydrogens (tertiary/aromatic N) is 6. The molecular formula is C42H44N6O8P2S2. The summed E-state index contributed by atoms with van der Waals surface area (Å²) < 4.78 is 88.1. The smallest absolute Gasteiger partial charge is 0.402 e. The van der Waals surface area contributed by atoms with Crippen molar-refractivity contribution >= 4 is 37.1 Å². The molecule has 60 heavy (non-hydrogen) atoms. The molecule has 7 rings (SSSR count). The van der Waals surface area contributed by atoms with Crippen LogP contribution in [0.3, 0.4) is 0 Å². The van der Waals surface area contributed by atoms with Crippen LogP contribution in [0, 0.1) is 19.3 Å². The summed E-state index contributed by atoms with van der Waals surface area (Å²) >= 11 is 0. The van der Waals surface area contributed by atoms with Gasteiger partial charge in [0.05, 0.1) is 9.79 Å². The summed E-state index contributed by atoms with van der Waals surface area (Å²) in [5.74, 6) is 0.604. The molecule has 1 aliphatic rings. The highest BCUT2D eigenvalue weighted by molar-refractivity contribution is 7.94. The molecule has 1 aliphatic carbocycles. The molecule has 18 heteroatoms. The number of hydrogen-bond acceptors (Lipinski definition) is 12. The van der Waals surface area contributed by atoms with Crippen molar-refractivity contribution in [2.24, 2.45) is 5.41 Å². The minimum absolute atomic E-state index is 0.0328. The van der Waals surface area contributed by atoms with Gasteiger partial charge in [0.15, 0.2) is 0 Å². The Kier molecular flexibility index (Phi) is 13.7. The molecule has 312 valence electrons. The Bertz CT molecular complexity index is 2440. The minimum Gasteiger partial charge on any atom is -0.408 e. The largest absolute Gasteiger partial charge is 0.408 e. The van der Waals surface area contributed by atoms with Crippen LogP contribution in [0.5, 0.6) is 23.5 Å². The molecule has 0 bridgehead atoms. The van der Waals surface area contributed by atoms with Crippen LogP contribution in [0.4, 0.5) is 0 Å². The predicted molar refractivity (Wildman–Crippen MR) is 229 cm³/mol. The van der Waals surface area contributed by atoms with E-state index < -0.39 is 48.6 Å². The van der Waals surface area contributed by atoms with Crippen LogP contribution in [-0.4, -0.2) is 57.5 Å². The lowest BCUT2D eigenvalue weighted by molar-refractivity contribution is 0.142. The van der Waals surface area contributed by atoms with Crippen molar-refractivity contribution in [2.75, 3.05) is 6.54 Å². The van der Waals surface area contributed by atoms with Crippen LogP contribution in [0.1, 0.15) is 43.7 Å². The van der Waals surface area contributed by atoms with Crippen molar-refractivity contribution in [3.63, 3.8) is 0 Å². The molecule has 1 fully saturated rings. The fourth-order valence-corrected chi connectivity index (χ4v) is 13.9. The van der Waals surface area contributed by atoms with Gasteiger partial charge >= 0.3 is 17.1 Å². The summed E-state index contributed by atoms with van der Waals surface area (Å²) in [5.41, 5.74) is 0.904. The molecule has 0 N–H and O–H groups in total. The first kappa shape index (κ1) is 43.0. The number of benzene rings is 2. The SMILES string of the molecule is Cc1ccc(S(=O)(=O)N(CC2(C)CCCC(N(P(Oc3ccccn3)Oc3ccccn3)S(=O)(=O)c3ccc(C)cc3)C2)P(Oc2ccccn2)Oc2ccccn2)cc1. The number of hydrogen-bond donors (Lipinski definition) is 0.